The Labute approximate surface area is 199 Å². The zero-order chi connectivity index (χ0) is 20.6. The molecule has 0 spiro atoms. The Morgan fingerprint density at radius 2 is 1.87 bits per heavy atom. The molecule has 1 N–H and O–H groups in total. The van der Waals surface area contributed by atoms with E-state index in [2.05, 4.69) is 20.1 Å². The molecule has 2 fully saturated rings. The second-order valence-electron chi connectivity index (χ2n) is 7.18. The van der Waals surface area contributed by atoms with E-state index in [1.807, 2.05) is 4.90 Å². The van der Waals surface area contributed by atoms with Gasteiger partial charge in [-0.05, 0) is 18.6 Å². The normalized spacial score (nSPS) is 18.2. The summed E-state index contributed by atoms with van der Waals surface area (Å²) in [5.41, 5.74) is 0.517. The van der Waals surface area contributed by atoms with Crippen LogP contribution in [0.15, 0.2) is 23.2 Å². The largest absolute Gasteiger partial charge is 0.378 e. The van der Waals surface area contributed by atoms with Crippen molar-refractivity contribution in [2.24, 2.45) is 4.99 Å². The van der Waals surface area contributed by atoms with Crippen molar-refractivity contribution >= 4 is 47.4 Å². The predicted molar refractivity (Wildman–Crippen MR) is 127 cm³/mol. The van der Waals surface area contributed by atoms with Gasteiger partial charge in [-0.25, -0.2) is 4.39 Å². The molecule has 2 heterocycles. The van der Waals surface area contributed by atoms with E-state index in [1.165, 1.54) is 6.07 Å². The topological polar surface area (TPSA) is 60.4 Å². The highest BCUT2D eigenvalue weighted by Crippen LogP contribution is 2.19. The number of rotatable bonds is 5. The van der Waals surface area contributed by atoms with Crippen molar-refractivity contribution in [2.45, 2.75) is 6.42 Å². The van der Waals surface area contributed by atoms with Gasteiger partial charge in [-0.15, -0.1) is 24.0 Å². The van der Waals surface area contributed by atoms with E-state index >= 15 is 0 Å². The highest BCUT2D eigenvalue weighted by atomic mass is 127. The van der Waals surface area contributed by atoms with Crippen LogP contribution >= 0.6 is 35.6 Å². The molecule has 0 atom stereocenters. The number of piperazine rings is 1. The first-order valence-corrected chi connectivity index (χ1v) is 10.4. The van der Waals surface area contributed by atoms with Gasteiger partial charge in [-0.2, -0.15) is 0 Å². The molecular weight excluding hydrogens is 524 g/mol. The highest BCUT2D eigenvalue weighted by molar-refractivity contribution is 14.0. The smallest absolute Gasteiger partial charge is 0.236 e. The molecule has 2 aliphatic rings. The number of carbonyl (C=O) groups is 1. The number of benzene rings is 1. The lowest BCUT2D eigenvalue weighted by Crippen LogP contribution is -2.55. The minimum Gasteiger partial charge on any atom is -0.378 e. The number of halogens is 3. The SMILES string of the molecule is CN=C(NCCc1c(F)cccc1Cl)N1CCN(CC(=O)N2CCOCC2)CC1.I. The standard InChI is InChI=1S/C20H29ClFN5O2.HI/c1-23-20(24-6-5-16-17(21)3-2-4-18(16)22)27-9-7-25(8-10-27)15-19(28)26-11-13-29-14-12-26;/h2-4H,5-15H2,1H3,(H,23,24);1H. The first-order chi connectivity index (χ1) is 14.1. The summed E-state index contributed by atoms with van der Waals surface area (Å²) in [6, 6.07) is 4.73. The molecule has 1 aromatic carbocycles. The maximum atomic E-state index is 13.9. The molecule has 1 amide bonds. The number of ether oxygens (including phenoxy) is 1. The van der Waals surface area contributed by atoms with Crippen molar-refractivity contribution in [3.8, 4) is 0 Å². The van der Waals surface area contributed by atoms with Crippen LogP contribution in [-0.4, -0.2) is 99.2 Å². The minimum absolute atomic E-state index is 0. The van der Waals surface area contributed by atoms with Crippen LogP contribution < -0.4 is 5.32 Å². The van der Waals surface area contributed by atoms with E-state index in [0.717, 1.165) is 32.1 Å². The van der Waals surface area contributed by atoms with Crippen LogP contribution in [0.5, 0.6) is 0 Å². The first kappa shape index (κ1) is 25.1. The number of nitrogens with zero attached hydrogens (tertiary/aromatic N) is 4. The molecule has 7 nitrogen and oxygen atoms in total. The summed E-state index contributed by atoms with van der Waals surface area (Å²) >= 11 is 6.09. The molecule has 0 saturated carbocycles. The van der Waals surface area contributed by atoms with Gasteiger partial charge in [0, 0.05) is 63.4 Å². The number of amides is 1. The number of carbonyl (C=O) groups excluding carboxylic acids is 1. The Balaban J connectivity index is 0.00000320. The van der Waals surface area contributed by atoms with Gasteiger partial charge in [0.1, 0.15) is 5.82 Å². The molecule has 0 aromatic heterocycles. The van der Waals surface area contributed by atoms with Crippen molar-refractivity contribution in [3.05, 3.63) is 34.6 Å². The van der Waals surface area contributed by atoms with Crippen LogP contribution in [0, 0.1) is 5.82 Å². The van der Waals surface area contributed by atoms with Crippen LogP contribution in [0.4, 0.5) is 4.39 Å². The summed E-state index contributed by atoms with van der Waals surface area (Å²) in [6.45, 7) is 6.79. The van der Waals surface area contributed by atoms with E-state index < -0.39 is 0 Å². The molecule has 168 valence electrons. The Kier molecular flexibility index (Phi) is 10.6. The lowest BCUT2D eigenvalue weighted by molar-refractivity contribution is -0.136. The molecule has 2 saturated heterocycles. The van der Waals surface area contributed by atoms with Gasteiger partial charge in [0.15, 0.2) is 5.96 Å². The summed E-state index contributed by atoms with van der Waals surface area (Å²) in [6.07, 6.45) is 0.485. The first-order valence-electron chi connectivity index (χ1n) is 10.0. The van der Waals surface area contributed by atoms with Crippen LogP contribution in [0.1, 0.15) is 5.56 Å². The maximum absolute atomic E-state index is 13.9. The number of morpholine rings is 1. The quantitative estimate of drug-likeness (QED) is 0.342. The summed E-state index contributed by atoms with van der Waals surface area (Å²) in [4.78, 5) is 23.0. The van der Waals surface area contributed by atoms with Crippen molar-refractivity contribution in [2.75, 3.05) is 72.6 Å². The third-order valence-electron chi connectivity index (χ3n) is 5.33. The van der Waals surface area contributed by atoms with Gasteiger partial charge >= 0.3 is 0 Å². The number of guanidine groups is 1. The van der Waals surface area contributed by atoms with E-state index in [0.29, 0.717) is 56.4 Å². The van der Waals surface area contributed by atoms with E-state index in [1.54, 1.807) is 19.2 Å². The van der Waals surface area contributed by atoms with E-state index in [9.17, 15) is 9.18 Å². The summed E-state index contributed by atoms with van der Waals surface area (Å²) in [5.74, 6) is 0.676. The maximum Gasteiger partial charge on any atom is 0.236 e. The second kappa shape index (κ2) is 12.6. The molecule has 0 radical (unpaired) electrons. The molecule has 1 aromatic rings. The number of hydrogen-bond donors (Lipinski definition) is 1. The molecule has 0 unspecified atom stereocenters. The molecule has 2 aliphatic heterocycles. The summed E-state index contributed by atoms with van der Waals surface area (Å²) < 4.78 is 19.2. The van der Waals surface area contributed by atoms with Gasteiger partial charge in [-0.3, -0.25) is 14.7 Å². The zero-order valence-corrected chi connectivity index (χ0v) is 20.4. The van der Waals surface area contributed by atoms with Gasteiger partial charge in [0.05, 0.1) is 19.8 Å². The van der Waals surface area contributed by atoms with Crippen molar-refractivity contribution < 1.29 is 13.9 Å². The third kappa shape index (κ3) is 6.93. The fraction of sp³-hybridized carbons (Fsp3) is 0.600. The Hall–Kier alpha value is -1.17. The number of nitrogens with one attached hydrogen (secondary N) is 1. The van der Waals surface area contributed by atoms with E-state index in [-0.39, 0.29) is 35.7 Å². The Bertz CT molecular complexity index is 705. The monoisotopic (exact) mass is 553 g/mol. The molecule has 3 rings (SSSR count). The number of hydrogen-bond acceptors (Lipinski definition) is 4. The van der Waals surface area contributed by atoms with Crippen molar-refractivity contribution in [1.82, 2.24) is 20.0 Å². The fourth-order valence-corrected chi connectivity index (χ4v) is 3.88. The molecule has 10 heteroatoms. The summed E-state index contributed by atoms with van der Waals surface area (Å²) in [7, 11) is 1.74. The lowest BCUT2D eigenvalue weighted by atomic mass is 10.1. The van der Waals surface area contributed by atoms with Crippen LogP contribution in [0.25, 0.3) is 0 Å². The minimum atomic E-state index is -0.284. The second-order valence-corrected chi connectivity index (χ2v) is 7.59. The average Bonchev–Trinajstić information content (AvgIpc) is 2.74. The third-order valence-corrected chi connectivity index (χ3v) is 5.68. The Morgan fingerprint density at radius 3 is 2.50 bits per heavy atom. The van der Waals surface area contributed by atoms with E-state index in [4.69, 9.17) is 16.3 Å². The molecule has 0 aliphatic carbocycles. The van der Waals surface area contributed by atoms with Gasteiger partial charge < -0.3 is 19.9 Å². The van der Waals surface area contributed by atoms with Gasteiger partial charge in [0.25, 0.3) is 0 Å². The Morgan fingerprint density at radius 1 is 1.17 bits per heavy atom. The number of aliphatic imine (C=N–C) groups is 1. The van der Waals surface area contributed by atoms with Gasteiger partial charge in [-0.1, -0.05) is 17.7 Å². The fourth-order valence-electron chi connectivity index (χ4n) is 3.62. The van der Waals surface area contributed by atoms with Crippen molar-refractivity contribution in [3.63, 3.8) is 0 Å². The van der Waals surface area contributed by atoms with Crippen molar-refractivity contribution in [1.29, 1.82) is 0 Å². The molecular formula is C20H30ClFIN5O2. The van der Waals surface area contributed by atoms with Gasteiger partial charge in [0.2, 0.25) is 5.91 Å². The molecule has 0 bridgehead atoms. The zero-order valence-electron chi connectivity index (χ0n) is 17.3. The summed E-state index contributed by atoms with van der Waals surface area (Å²) in [5, 5.41) is 3.74. The van der Waals surface area contributed by atoms with Crippen LogP contribution in [0.3, 0.4) is 0 Å². The van der Waals surface area contributed by atoms with Crippen LogP contribution in [0.2, 0.25) is 5.02 Å². The molecule has 30 heavy (non-hydrogen) atoms. The van der Waals surface area contributed by atoms with Crippen LogP contribution in [-0.2, 0) is 16.0 Å². The average molecular weight is 554 g/mol. The lowest BCUT2D eigenvalue weighted by Gasteiger charge is -2.37. The highest BCUT2D eigenvalue weighted by Gasteiger charge is 2.24. The predicted octanol–water partition coefficient (Wildman–Crippen LogP) is 1.69.